The largest absolute Gasteiger partial charge is 0.333 e. The van der Waals surface area contributed by atoms with Crippen LogP contribution in [0, 0.1) is 5.92 Å². The third-order valence-corrected chi connectivity index (χ3v) is 6.65. The Hall–Kier alpha value is -2.31. The van der Waals surface area contributed by atoms with E-state index in [-0.39, 0.29) is 30.2 Å². The number of nitrogens with zero attached hydrogens (tertiary/aromatic N) is 3. The minimum absolute atomic E-state index is 0.0330. The smallest absolute Gasteiger partial charge is 0.228 e. The van der Waals surface area contributed by atoms with Gasteiger partial charge in [0.15, 0.2) is 0 Å². The molecule has 2 aromatic rings. The first-order valence-electron chi connectivity index (χ1n) is 10.0. The molecule has 0 aromatic heterocycles. The van der Waals surface area contributed by atoms with E-state index in [0.29, 0.717) is 13.1 Å². The molecule has 2 atom stereocenters. The summed E-state index contributed by atoms with van der Waals surface area (Å²) in [5.74, 6) is -0.147. The highest BCUT2D eigenvalue weighted by Crippen LogP contribution is 2.32. The molecule has 2 aliphatic heterocycles. The molecule has 0 bridgehead atoms. The molecule has 2 saturated heterocycles. The number of benzene rings is 2. The minimum Gasteiger partial charge on any atom is -0.333 e. The van der Waals surface area contributed by atoms with Crippen molar-refractivity contribution in [2.24, 2.45) is 5.92 Å². The van der Waals surface area contributed by atoms with Crippen molar-refractivity contribution >= 4 is 29.3 Å². The Kier molecular flexibility index (Phi) is 5.92. The van der Waals surface area contributed by atoms with E-state index in [9.17, 15) is 9.59 Å². The van der Waals surface area contributed by atoms with Crippen LogP contribution in [0.25, 0.3) is 0 Å². The monoisotopic (exact) mass is 409 g/mol. The molecule has 0 saturated carbocycles. The fraction of sp³-hybridized carbons (Fsp3) is 0.391. The zero-order valence-corrected chi connectivity index (χ0v) is 17.8. The average molecular weight is 410 g/mol. The van der Waals surface area contributed by atoms with Crippen molar-refractivity contribution in [2.75, 3.05) is 44.4 Å². The number of hydrogen-bond acceptors (Lipinski definition) is 4. The number of likely N-dealkylation sites (N-methyl/N-ethyl adjacent to an activating group) is 1. The third kappa shape index (κ3) is 4.19. The molecule has 152 valence electrons. The Labute approximate surface area is 176 Å². The van der Waals surface area contributed by atoms with Gasteiger partial charge in [0.25, 0.3) is 0 Å². The Morgan fingerprint density at radius 2 is 1.72 bits per heavy atom. The van der Waals surface area contributed by atoms with Crippen LogP contribution in [0.2, 0.25) is 0 Å². The lowest BCUT2D eigenvalue weighted by Gasteiger charge is -2.41. The van der Waals surface area contributed by atoms with Gasteiger partial charge < -0.3 is 14.7 Å². The Morgan fingerprint density at radius 1 is 1.00 bits per heavy atom. The summed E-state index contributed by atoms with van der Waals surface area (Å²) in [6.07, 6.45) is 2.32. The molecule has 0 aliphatic carbocycles. The van der Waals surface area contributed by atoms with Crippen LogP contribution in [0.4, 0.5) is 5.69 Å². The molecule has 0 spiro atoms. The fourth-order valence-electron chi connectivity index (χ4n) is 4.26. The van der Waals surface area contributed by atoms with Gasteiger partial charge in [-0.1, -0.05) is 30.3 Å². The van der Waals surface area contributed by atoms with Crippen LogP contribution < -0.4 is 4.90 Å². The first-order valence-corrected chi connectivity index (χ1v) is 11.3. The van der Waals surface area contributed by atoms with E-state index in [1.807, 2.05) is 53.6 Å². The molecule has 4 rings (SSSR count). The number of carbonyl (C=O) groups is 2. The molecule has 2 aliphatic rings. The highest BCUT2D eigenvalue weighted by molar-refractivity contribution is 7.98. The fourth-order valence-corrected chi connectivity index (χ4v) is 4.67. The van der Waals surface area contributed by atoms with E-state index < -0.39 is 0 Å². The maximum Gasteiger partial charge on any atom is 0.228 e. The summed E-state index contributed by atoms with van der Waals surface area (Å²) < 4.78 is 0. The van der Waals surface area contributed by atoms with Gasteiger partial charge in [-0.05, 0) is 43.1 Å². The molecule has 6 heteroatoms. The Bertz CT molecular complexity index is 871. The van der Waals surface area contributed by atoms with Crippen molar-refractivity contribution in [1.82, 2.24) is 9.80 Å². The summed E-state index contributed by atoms with van der Waals surface area (Å²) in [7, 11) is 2.09. The lowest BCUT2D eigenvalue weighted by atomic mass is 9.99. The summed E-state index contributed by atoms with van der Waals surface area (Å²) in [6, 6.07) is 18.2. The van der Waals surface area contributed by atoms with Crippen LogP contribution in [-0.2, 0) is 9.59 Å². The van der Waals surface area contributed by atoms with E-state index in [1.165, 1.54) is 0 Å². The van der Waals surface area contributed by atoms with Crippen LogP contribution in [0.15, 0.2) is 59.5 Å². The number of thioether (sulfide) groups is 1. The summed E-state index contributed by atoms with van der Waals surface area (Å²) in [4.78, 5) is 33.3. The van der Waals surface area contributed by atoms with Gasteiger partial charge in [-0.15, -0.1) is 11.8 Å². The predicted octanol–water partition coefficient (Wildman–Crippen LogP) is 3.28. The van der Waals surface area contributed by atoms with Crippen molar-refractivity contribution in [1.29, 1.82) is 0 Å². The summed E-state index contributed by atoms with van der Waals surface area (Å²) in [6.45, 7) is 2.83. The second kappa shape index (κ2) is 8.59. The molecular formula is C23H27N3O2S. The predicted molar refractivity (Wildman–Crippen MR) is 117 cm³/mol. The van der Waals surface area contributed by atoms with Gasteiger partial charge >= 0.3 is 0 Å². The molecule has 2 amide bonds. The number of amides is 2. The maximum atomic E-state index is 13.4. The van der Waals surface area contributed by atoms with Gasteiger partial charge in [0, 0.05) is 43.2 Å². The number of rotatable bonds is 4. The quantitative estimate of drug-likeness (QED) is 0.727. The van der Waals surface area contributed by atoms with Crippen LogP contribution in [-0.4, -0.2) is 61.1 Å². The first-order chi connectivity index (χ1) is 14.1. The first kappa shape index (κ1) is 20.0. The molecule has 2 unspecified atom stereocenters. The normalized spacial score (nSPS) is 22.9. The van der Waals surface area contributed by atoms with E-state index in [2.05, 4.69) is 24.1 Å². The van der Waals surface area contributed by atoms with E-state index >= 15 is 0 Å². The van der Waals surface area contributed by atoms with Crippen molar-refractivity contribution in [3.8, 4) is 0 Å². The third-order valence-electron chi connectivity index (χ3n) is 5.91. The number of carbonyl (C=O) groups excluding carboxylic acids is 2. The molecule has 0 N–H and O–H groups in total. The molecule has 2 aromatic carbocycles. The molecule has 2 heterocycles. The van der Waals surface area contributed by atoms with Gasteiger partial charge in [-0.3, -0.25) is 9.59 Å². The van der Waals surface area contributed by atoms with Crippen molar-refractivity contribution < 1.29 is 9.59 Å². The molecule has 2 fully saturated rings. The standard InChI is InChI=1S/C23H27N3O2S/c1-24-12-13-25(21(16-24)17-6-4-3-5-7-17)23(28)18-14-22(27)26(15-18)19-8-10-20(29-2)11-9-19/h3-11,18,21H,12-16H2,1-2H3. The number of piperazine rings is 1. The van der Waals surface area contributed by atoms with Crippen LogP contribution in [0.1, 0.15) is 18.0 Å². The zero-order valence-electron chi connectivity index (χ0n) is 17.0. The molecule has 29 heavy (non-hydrogen) atoms. The maximum absolute atomic E-state index is 13.4. The molecule has 0 radical (unpaired) electrons. The molecular weight excluding hydrogens is 382 g/mol. The number of anilines is 1. The van der Waals surface area contributed by atoms with Crippen molar-refractivity contribution in [2.45, 2.75) is 17.4 Å². The van der Waals surface area contributed by atoms with Crippen LogP contribution in [0.5, 0.6) is 0 Å². The minimum atomic E-state index is -0.280. The number of hydrogen-bond donors (Lipinski definition) is 0. The lowest BCUT2D eigenvalue weighted by Crippen LogP contribution is -2.51. The Morgan fingerprint density at radius 3 is 2.41 bits per heavy atom. The van der Waals surface area contributed by atoms with Crippen molar-refractivity contribution in [3.05, 3.63) is 60.2 Å². The molecule has 5 nitrogen and oxygen atoms in total. The van der Waals surface area contributed by atoms with Crippen molar-refractivity contribution in [3.63, 3.8) is 0 Å². The average Bonchev–Trinajstić information content (AvgIpc) is 3.15. The lowest BCUT2D eigenvalue weighted by molar-refractivity contribution is -0.140. The van der Waals surface area contributed by atoms with Gasteiger partial charge in [0.2, 0.25) is 11.8 Å². The van der Waals surface area contributed by atoms with Crippen LogP contribution in [0.3, 0.4) is 0 Å². The van der Waals surface area contributed by atoms with Gasteiger partial charge in [0.05, 0.1) is 12.0 Å². The van der Waals surface area contributed by atoms with Gasteiger partial charge in [-0.25, -0.2) is 0 Å². The van der Waals surface area contributed by atoms with E-state index in [4.69, 9.17) is 0 Å². The second-order valence-electron chi connectivity index (χ2n) is 7.82. The Balaban J connectivity index is 1.51. The summed E-state index contributed by atoms with van der Waals surface area (Å²) in [5.41, 5.74) is 2.03. The van der Waals surface area contributed by atoms with Gasteiger partial charge in [0.1, 0.15) is 0 Å². The van der Waals surface area contributed by atoms with E-state index in [1.54, 1.807) is 16.7 Å². The SMILES string of the molecule is CSc1ccc(N2CC(C(=O)N3CCN(C)CC3c3ccccc3)CC2=O)cc1. The topological polar surface area (TPSA) is 43.9 Å². The van der Waals surface area contributed by atoms with Gasteiger partial charge in [-0.2, -0.15) is 0 Å². The van der Waals surface area contributed by atoms with E-state index in [0.717, 1.165) is 29.2 Å². The highest BCUT2D eigenvalue weighted by Gasteiger charge is 2.40. The zero-order chi connectivity index (χ0) is 20.4. The second-order valence-corrected chi connectivity index (χ2v) is 8.70. The van der Waals surface area contributed by atoms with Crippen LogP contribution >= 0.6 is 11.8 Å². The summed E-state index contributed by atoms with van der Waals surface area (Å²) >= 11 is 1.68. The summed E-state index contributed by atoms with van der Waals surface area (Å²) in [5, 5.41) is 0. The highest BCUT2D eigenvalue weighted by atomic mass is 32.2.